The first kappa shape index (κ1) is 35.9. The maximum Gasteiger partial charge on any atom is 0.347 e. The summed E-state index contributed by atoms with van der Waals surface area (Å²) in [6.07, 6.45) is 1.23. The van der Waals surface area contributed by atoms with Gasteiger partial charge in [0.15, 0.2) is 11.9 Å². The van der Waals surface area contributed by atoms with Crippen LogP contribution in [0.5, 0.6) is 28.9 Å². The summed E-state index contributed by atoms with van der Waals surface area (Å²) < 4.78 is 36.1. The number of benzene rings is 3. The van der Waals surface area contributed by atoms with Crippen LogP contribution in [0.25, 0.3) is 32.7 Å². The molecule has 4 bridgehead atoms. The van der Waals surface area contributed by atoms with Gasteiger partial charge in [-0.15, -0.1) is 11.3 Å². The number of aromatic nitrogens is 4. The van der Waals surface area contributed by atoms with Crippen molar-refractivity contribution in [2.45, 2.75) is 39.1 Å². The fourth-order valence-electron chi connectivity index (χ4n) is 5.95. The smallest absolute Gasteiger partial charge is 0.347 e. The highest BCUT2D eigenvalue weighted by Gasteiger charge is 2.28. The van der Waals surface area contributed by atoms with Crippen molar-refractivity contribution in [2.75, 3.05) is 26.9 Å². The Balaban J connectivity index is 1.28. The number of aliphatic hydroxyl groups excluding tert-OH is 1. The molecule has 2 aliphatic heterocycles. The van der Waals surface area contributed by atoms with Crippen LogP contribution in [0.1, 0.15) is 23.7 Å². The molecule has 3 aromatic heterocycles. The zero-order valence-electron chi connectivity index (χ0n) is 29.1. The number of ether oxygens (including phenoxy) is 6. The summed E-state index contributed by atoms with van der Waals surface area (Å²) >= 11 is 8.26. The highest BCUT2D eigenvalue weighted by Crippen LogP contribution is 2.43. The second-order valence-corrected chi connectivity index (χ2v) is 13.2. The lowest BCUT2D eigenvalue weighted by Crippen LogP contribution is -2.32. The number of thiophene rings is 1. The van der Waals surface area contributed by atoms with Crippen LogP contribution < -0.4 is 23.7 Å². The largest absolute Gasteiger partial charge is 0.496 e. The van der Waals surface area contributed by atoms with Crippen LogP contribution in [0.3, 0.4) is 0 Å². The predicted octanol–water partition coefficient (Wildman–Crippen LogP) is 7.05. The second-order valence-electron chi connectivity index (χ2n) is 12.0. The van der Waals surface area contributed by atoms with Gasteiger partial charge < -0.3 is 33.5 Å². The summed E-state index contributed by atoms with van der Waals surface area (Å²) in [5.41, 5.74) is 4.29. The highest BCUT2D eigenvalue weighted by molar-refractivity contribution is 7.17. The van der Waals surface area contributed by atoms with Crippen molar-refractivity contribution in [1.29, 1.82) is 0 Å². The van der Waals surface area contributed by atoms with Crippen LogP contribution in [0, 0.1) is 6.92 Å². The molecule has 14 heteroatoms. The van der Waals surface area contributed by atoms with E-state index in [2.05, 4.69) is 15.0 Å². The van der Waals surface area contributed by atoms with Gasteiger partial charge in [0.25, 0.3) is 0 Å². The van der Waals surface area contributed by atoms with Crippen LogP contribution in [-0.4, -0.2) is 70.2 Å². The number of hydrogen-bond acceptors (Lipinski definition) is 13. The molecule has 0 saturated heterocycles. The van der Waals surface area contributed by atoms with E-state index >= 15 is 0 Å². The third-order valence-corrected chi connectivity index (χ3v) is 9.94. The Morgan fingerprint density at radius 2 is 1.89 bits per heavy atom. The Hall–Kier alpha value is -5.50. The van der Waals surface area contributed by atoms with Gasteiger partial charge in [-0.2, -0.15) is 0 Å². The van der Waals surface area contributed by atoms with Gasteiger partial charge in [0.1, 0.15) is 47.4 Å². The maximum atomic E-state index is 13.6. The first-order chi connectivity index (χ1) is 25.9. The van der Waals surface area contributed by atoms with Crippen LogP contribution in [0.15, 0.2) is 78.6 Å². The van der Waals surface area contributed by atoms with Gasteiger partial charge in [0.05, 0.1) is 42.0 Å². The van der Waals surface area contributed by atoms with Crippen molar-refractivity contribution in [3.63, 3.8) is 0 Å². The number of methoxy groups -OCH3 is 1. The van der Waals surface area contributed by atoms with Crippen LogP contribution in [0.4, 0.5) is 0 Å². The number of aliphatic hydroxyl groups is 1. The van der Waals surface area contributed by atoms with E-state index < -0.39 is 18.2 Å². The van der Waals surface area contributed by atoms with Crippen LogP contribution in [0.2, 0.25) is 5.02 Å². The third-order valence-electron chi connectivity index (χ3n) is 8.59. The molecule has 0 spiro atoms. The van der Waals surface area contributed by atoms with E-state index in [1.807, 2.05) is 42.6 Å². The quantitative estimate of drug-likeness (QED) is 0.159. The average Bonchev–Trinajstić information content (AvgIpc) is 3.62. The van der Waals surface area contributed by atoms with Gasteiger partial charge in [-0.05, 0) is 67.4 Å². The normalized spacial score (nSPS) is 15.5. The molecule has 0 amide bonds. The van der Waals surface area contributed by atoms with Crippen molar-refractivity contribution >= 4 is 39.1 Å². The number of carbonyl (C=O) groups is 1. The van der Waals surface area contributed by atoms with E-state index in [0.29, 0.717) is 55.3 Å². The Labute approximate surface area is 314 Å². The molecule has 53 heavy (non-hydrogen) atoms. The van der Waals surface area contributed by atoms with E-state index in [1.54, 1.807) is 50.6 Å². The number of nitrogens with zero attached hydrogens (tertiary/aromatic N) is 4. The number of fused-ring (bicyclic) bond motifs is 7. The van der Waals surface area contributed by atoms with Gasteiger partial charge in [-0.25, -0.2) is 24.7 Å². The Bertz CT molecular complexity index is 2270. The number of rotatable bonds is 8. The Kier molecular flexibility index (Phi) is 10.9. The molecule has 0 unspecified atom stereocenters. The molecule has 0 aliphatic carbocycles. The number of para-hydroxylation sites is 1. The Morgan fingerprint density at radius 1 is 1.02 bits per heavy atom. The van der Waals surface area contributed by atoms with Crippen LogP contribution in [-0.2, 0) is 22.6 Å². The monoisotopic (exact) mass is 754 g/mol. The molecule has 1 N–H and O–H groups in total. The summed E-state index contributed by atoms with van der Waals surface area (Å²) in [4.78, 5) is 32.4. The van der Waals surface area contributed by atoms with Crippen molar-refractivity contribution in [1.82, 2.24) is 19.9 Å². The van der Waals surface area contributed by atoms with Gasteiger partial charge in [-0.3, -0.25) is 0 Å². The molecular weight excluding hydrogens is 720 g/mol. The summed E-state index contributed by atoms with van der Waals surface area (Å²) in [5.74, 6) is 2.08. The predicted molar refractivity (Wildman–Crippen MR) is 199 cm³/mol. The van der Waals surface area contributed by atoms with Crippen molar-refractivity contribution in [2.24, 2.45) is 0 Å². The number of halogens is 1. The standard InChI is InChI=1S/C39H35ClN4O8S/c1-4-48-39(46)33-16-23-15-25(9-11-30(23)50-18-24-13-14-41-36(44-24)28-7-5-6-8-31(28)47-3)49-19-26(17-45)51-32-12-10-27(22(2)35(32)40)29-20-53-38-34(29)37(52-33)42-21-43-38/h5-15,20-21,26,33,45H,4,16-19H2,1-3H3/t26-,33-/m1/s1. The summed E-state index contributed by atoms with van der Waals surface area (Å²) in [7, 11) is 1.60. The molecule has 2 aliphatic rings. The molecular formula is C39H35ClN4O8S. The van der Waals surface area contributed by atoms with Crippen molar-refractivity contribution in [3.05, 3.63) is 100 Å². The minimum atomic E-state index is -1.13. The molecule has 0 radical (unpaired) electrons. The lowest BCUT2D eigenvalue weighted by molar-refractivity contribution is -0.151. The van der Waals surface area contributed by atoms with Crippen molar-refractivity contribution < 1.29 is 38.3 Å². The topological polar surface area (TPSA) is 144 Å². The van der Waals surface area contributed by atoms with E-state index in [-0.39, 0.29) is 38.7 Å². The SMILES string of the molecule is CCOC(=O)[C@H]1Cc2cc(ccc2OCc2ccnc(-c3ccccc3OC)n2)OC[C@@H](CO)Oc2ccc(c(C)c2Cl)-c2csc3ncnc(c23)O1. The van der Waals surface area contributed by atoms with E-state index in [0.717, 1.165) is 22.3 Å². The molecule has 272 valence electrons. The molecule has 0 saturated carbocycles. The van der Waals surface area contributed by atoms with Gasteiger partial charge >= 0.3 is 5.97 Å². The molecule has 5 heterocycles. The maximum absolute atomic E-state index is 13.6. The fraction of sp³-hybridized carbons (Fsp3) is 0.256. The number of hydrogen-bond donors (Lipinski definition) is 1. The molecule has 0 fully saturated rings. The van der Waals surface area contributed by atoms with Gasteiger partial charge in [0, 0.05) is 29.1 Å². The zero-order chi connectivity index (χ0) is 36.9. The minimum Gasteiger partial charge on any atom is -0.496 e. The van der Waals surface area contributed by atoms with Crippen LogP contribution >= 0.6 is 22.9 Å². The molecule has 8 rings (SSSR count). The number of esters is 1. The van der Waals surface area contributed by atoms with Crippen molar-refractivity contribution in [3.8, 4) is 51.4 Å². The Morgan fingerprint density at radius 3 is 2.72 bits per heavy atom. The average molecular weight is 755 g/mol. The fourth-order valence-corrected chi connectivity index (χ4v) is 7.05. The molecule has 6 aromatic rings. The molecule has 2 atom stereocenters. The van der Waals surface area contributed by atoms with E-state index in [1.165, 1.54) is 17.7 Å². The first-order valence-corrected chi connectivity index (χ1v) is 18.1. The lowest BCUT2D eigenvalue weighted by Gasteiger charge is -2.21. The summed E-state index contributed by atoms with van der Waals surface area (Å²) in [6, 6.07) is 18.1. The van der Waals surface area contributed by atoms with Gasteiger partial charge in [0.2, 0.25) is 12.0 Å². The number of carbonyl (C=O) groups excluding carboxylic acids is 1. The second kappa shape index (κ2) is 16.0. The highest BCUT2D eigenvalue weighted by atomic mass is 35.5. The van der Waals surface area contributed by atoms with E-state index in [4.69, 9.17) is 45.0 Å². The minimum absolute atomic E-state index is 0.00389. The molecule has 12 nitrogen and oxygen atoms in total. The summed E-state index contributed by atoms with van der Waals surface area (Å²) in [6.45, 7) is 3.52. The van der Waals surface area contributed by atoms with E-state index in [9.17, 15) is 9.90 Å². The third kappa shape index (κ3) is 7.68. The molecule has 3 aromatic carbocycles. The zero-order valence-corrected chi connectivity index (χ0v) is 30.6. The summed E-state index contributed by atoms with van der Waals surface area (Å²) in [5, 5.41) is 13.2. The lowest BCUT2D eigenvalue weighted by atomic mass is 10.0. The first-order valence-electron chi connectivity index (χ1n) is 16.8. The van der Waals surface area contributed by atoms with Gasteiger partial charge in [-0.1, -0.05) is 29.8 Å².